The van der Waals surface area contributed by atoms with Crippen LogP contribution in [0.2, 0.25) is 5.02 Å². The zero-order valence-electron chi connectivity index (χ0n) is 12.3. The molecule has 2 aromatic carbocycles. The van der Waals surface area contributed by atoms with Gasteiger partial charge in [-0.05, 0) is 42.5 Å². The first kappa shape index (κ1) is 14.8. The van der Waals surface area contributed by atoms with Gasteiger partial charge >= 0.3 is 0 Å². The molecule has 112 valence electrons. The second-order valence-corrected chi connectivity index (χ2v) is 5.98. The molecule has 0 spiro atoms. The van der Waals surface area contributed by atoms with Gasteiger partial charge in [0.25, 0.3) is 0 Å². The van der Waals surface area contributed by atoms with Gasteiger partial charge in [-0.15, -0.1) is 0 Å². The average molecular weight is 313 g/mol. The van der Waals surface area contributed by atoms with Crippen molar-refractivity contribution in [1.82, 2.24) is 5.43 Å². The molecule has 2 aromatic rings. The molecular weight excluding hydrogens is 296 g/mol. The number of hydrogen-bond donors (Lipinski definition) is 1. The molecule has 1 saturated carbocycles. The highest BCUT2D eigenvalue weighted by Gasteiger charge is 2.43. The van der Waals surface area contributed by atoms with Crippen LogP contribution in [0.4, 0.5) is 0 Å². The molecular formula is C18H17ClN2O. The number of nitrogens with zero attached hydrogens (tertiary/aromatic N) is 1. The van der Waals surface area contributed by atoms with E-state index in [0.29, 0.717) is 10.9 Å². The van der Waals surface area contributed by atoms with E-state index in [1.807, 2.05) is 49.4 Å². The molecule has 0 aliphatic heterocycles. The summed E-state index contributed by atoms with van der Waals surface area (Å²) in [6, 6.07) is 17.5. The van der Waals surface area contributed by atoms with Crippen molar-refractivity contribution >= 4 is 23.2 Å². The fourth-order valence-electron chi connectivity index (χ4n) is 2.53. The lowest BCUT2D eigenvalue weighted by molar-refractivity contribution is -0.122. The highest BCUT2D eigenvalue weighted by molar-refractivity contribution is 6.30. The highest BCUT2D eigenvalue weighted by Crippen LogP contribution is 2.47. The van der Waals surface area contributed by atoms with Gasteiger partial charge in [-0.1, -0.05) is 54.1 Å². The predicted octanol–water partition coefficient (Wildman–Crippen LogP) is 3.98. The van der Waals surface area contributed by atoms with E-state index in [4.69, 9.17) is 11.6 Å². The van der Waals surface area contributed by atoms with E-state index in [2.05, 4.69) is 22.7 Å². The Kier molecular flexibility index (Phi) is 4.25. The van der Waals surface area contributed by atoms with E-state index >= 15 is 0 Å². The van der Waals surface area contributed by atoms with Gasteiger partial charge in [0.2, 0.25) is 5.91 Å². The molecule has 1 amide bonds. The van der Waals surface area contributed by atoms with Crippen LogP contribution in [0.15, 0.2) is 59.7 Å². The molecule has 0 heterocycles. The molecule has 0 aromatic heterocycles. The number of carbonyl (C=O) groups is 1. The summed E-state index contributed by atoms with van der Waals surface area (Å²) in [7, 11) is 0. The second-order valence-electron chi connectivity index (χ2n) is 5.54. The van der Waals surface area contributed by atoms with Crippen molar-refractivity contribution in [2.24, 2.45) is 11.0 Å². The van der Waals surface area contributed by atoms with Crippen LogP contribution in [-0.2, 0) is 4.79 Å². The Bertz CT molecular complexity index is 695. The predicted molar refractivity (Wildman–Crippen MR) is 89.1 cm³/mol. The Labute approximate surface area is 135 Å². The lowest BCUT2D eigenvalue weighted by Gasteiger charge is -2.03. The molecule has 0 radical (unpaired) electrons. The normalized spacial score (nSPS) is 20.5. The van der Waals surface area contributed by atoms with Crippen LogP contribution in [0, 0.1) is 5.92 Å². The van der Waals surface area contributed by atoms with E-state index in [1.165, 1.54) is 5.56 Å². The van der Waals surface area contributed by atoms with Crippen molar-refractivity contribution in [2.45, 2.75) is 19.3 Å². The standard InChI is InChI=1S/C18H17ClN2O/c1-12(13-7-9-15(19)10-8-13)20-21-18(22)17-11-16(17)14-5-3-2-4-6-14/h2-10,16-17H,11H2,1H3,(H,21,22)/b20-12-/t16-,17+/m0/s1. The number of hydrazone groups is 1. The van der Waals surface area contributed by atoms with Crippen LogP contribution in [0.25, 0.3) is 0 Å². The highest BCUT2D eigenvalue weighted by atomic mass is 35.5. The Morgan fingerprint density at radius 3 is 2.50 bits per heavy atom. The minimum atomic E-state index is -0.0119. The van der Waals surface area contributed by atoms with Crippen LogP contribution in [0.5, 0.6) is 0 Å². The summed E-state index contributed by atoms with van der Waals surface area (Å²) >= 11 is 5.86. The molecule has 1 fully saturated rings. The number of amides is 1. The van der Waals surface area contributed by atoms with Gasteiger partial charge in [0.1, 0.15) is 0 Å². The maximum absolute atomic E-state index is 12.1. The van der Waals surface area contributed by atoms with Gasteiger partial charge in [-0.3, -0.25) is 4.79 Å². The fourth-order valence-corrected chi connectivity index (χ4v) is 2.66. The van der Waals surface area contributed by atoms with Gasteiger partial charge in [-0.25, -0.2) is 5.43 Å². The lowest BCUT2D eigenvalue weighted by Crippen LogP contribution is -2.21. The van der Waals surface area contributed by atoms with Crippen molar-refractivity contribution in [2.75, 3.05) is 0 Å². The maximum atomic E-state index is 12.1. The summed E-state index contributed by atoms with van der Waals surface area (Å²) in [5, 5.41) is 4.87. The van der Waals surface area contributed by atoms with E-state index in [1.54, 1.807) is 0 Å². The SMILES string of the molecule is C/C(=N/NC(=O)[C@@H]1C[C@H]1c1ccccc1)c1ccc(Cl)cc1. The fraction of sp³-hybridized carbons (Fsp3) is 0.222. The number of benzene rings is 2. The molecule has 22 heavy (non-hydrogen) atoms. The number of nitrogens with one attached hydrogen (secondary N) is 1. The summed E-state index contributed by atoms with van der Waals surface area (Å²) in [5.74, 6) is 0.346. The smallest absolute Gasteiger partial charge is 0.243 e. The number of carbonyl (C=O) groups excluding carboxylic acids is 1. The van der Waals surface area contributed by atoms with Crippen LogP contribution in [0.3, 0.4) is 0 Å². The monoisotopic (exact) mass is 312 g/mol. The van der Waals surface area contributed by atoms with Gasteiger partial charge in [0, 0.05) is 10.9 Å². The average Bonchev–Trinajstić information content (AvgIpc) is 3.34. The lowest BCUT2D eigenvalue weighted by atomic mass is 10.1. The third kappa shape index (κ3) is 3.37. The van der Waals surface area contributed by atoms with Gasteiger partial charge in [-0.2, -0.15) is 5.10 Å². The summed E-state index contributed by atoms with van der Waals surface area (Å²) in [4.78, 5) is 12.1. The van der Waals surface area contributed by atoms with Crippen LogP contribution < -0.4 is 5.43 Å². The maximum Gasteiger partial charge on any atom is 0.243 e. The first-order chi connectivity index (χ1) is 10.6. The first-order valence-corrected chi connectivity index (χ1v) is 7.68. The summed E-state index contributed by atoms with van der Waals surface area (Å²) in [6.07, 6.45) is 0.894. The minimum Gasteiger partial charge on any atom is -0.273 e. The summed E-state index contributed by atoms with van der Waals surface area (Å²) < 4.78 is 0. The van der Waals surface area contributed by atoms with Crippen molar-refractivity contribution < 1.29 is 4.79 Å². The minimum absolute atomic E-state index is 0.0119. The van der Waals surface area contributed by atoms with Crippen molar-refractivity contribution in [3.8, 4) is 0 Å². The van der Waals surface area contributed by atoms with Crippen molar-refractivity contribution in [3.05, 3.63) is 70.7 Å². The Hall–Kier alpha value is -2.13. The molecule has 1 aliphatic rings. The van der Waals surface area contributed by atoms with E-state index in [9.17, 15) is 4.79 Å². The number of halogens is 1. The summed E-state index contributed by atoms with van der Waals surface area (Å²) in [6.45, 7) is 1.87. The van der Waals surface area contributed by atoms with E-state index < -0.39 is 0 Å². The van der Waals surface area contributed by atoms with Crippen LogP contribution in [-0.4, -0.2) is 11.6 Å². The van der Waals surface area contributed by atoms with E-state index in [-0.39, 0.29) is 11.8 Å². The molecule has 0 bridgehead atoms. The molecule has 3 rings (SSSR count). The third-order valence-corrected chi connectivity index (χ3v) is 4.20. The third-order valence-electron chi connectivity index (χ3n) is 3.95. The Balaban J connectivity index is 1.59. The van der Waals surface area contributed by atoms with Crippen molar-refractivity contribution in [1.29, 1.82) is 0 Å². The summed E-state index contributed by atoms with van der Waals surface area (Å²) in [5.41, 5.74) is 5.61. The van der Waals surface area contributed by atoms with Crippen LogP contribution in [0.1, 0.15) is 30.4 Å². The largest absolute Gasteiger partial charge is 0.273 e. The Morgan fingerprint density at radius 2 is 1.82 bits per heavy atom. The molecule has 3 nitrogen and oxygen atoms in total. The molecule has 4 heteroatoms. The first-order valence-electron chi connectivity index (χ1n) is 7.30. The molecule has 1 N–H and O–H groups in total. The van der Waals surface area contributed by atoms with Gasteiger partial charge in [0.05, 0.1) is 5.71 Å². The van der Waals surface area contributed by atoms with Crippen LogP contribution >= 0.6 is 11.6 Å². The quantitative estimate of drug-likeness (QED) is 0.673. The number of rotatable bonds is 4. The molecule has 0 saturated heterocycles. The second kappa shape index (κ2) is 6.32. The Morgan fingerprint density at radius 1 is 1.14 bits per heavy atom. The molecule has 0 unspecified atom stereocenters. The zero-order chi connectivity index (χ0) is 15.5. The number of hydrogen-bond acceptors (Lipinski definition) is 2. The topological polar surface area (TPSA) is 41.5 Å². The molecule has 2 atom stereocenters. The van der Waals surface area contributed by atoms with Crippen molar-refractivity contribution in [3.63, 3.8) is 0 Å². The zero-order valence-corrected chi connectivity index (χ0v) is 13.0. The molecule has 1 aliphatic carbocycles. The van der Waals surface area contributed by atoms with E-state index in [0.717, 1.165) is 17.7 Å². The van der Waals surface area contributed by atoms with Gasteiger partial charge in [0.15, 0.2) is 0 Å². The van der Waals surface area contributed by atoms with Gasteiger partial charge < -0.3 is 0 Å².